The van der Waals surface area contributed by atoms with Crippen LogP contribution in [0, 0.1) is 25.0 Å². The Morgan fingerprint density at radius 1 is 0.824 bits per heavy atom. The molecule has 1 atom stereocenters. The van der Waals surface area contributed by atoms with Crippen molar-refractivity contribution in [1.29, 1.82) is 0 Å². The molecule has 1 saturated carbocycles. The van der Waals surface area contributed by atoms with E-state index in [1.54, 1.807) is 18.6 Å². The van der Waals surface area contributed by atoms with Crippen molar-refractivity contribution in [3.05, 3.63) is 150 Å². The third-order valence-electron chi connectivity index (χ3n) is 9.55. The van der Waals surface area contributed by atoms with Gasteiger partial charge in [-0.2, -0.15) is 0 Å². The molecule has 1 aliphatic carbocycles. The van der Waals surface area contributed by atoms with Gasteiger partial charge in [-0.25, -0.2) is 0 Å². The van der Waals surface area contributed by atoms with Gasteiger partial charge in [0.25, 0.3) is 0 Å². The van der Waals surface area contributed by atoms with Crippen molar-refractivity contribution in [3.8, 4) is 22.5 Å². The van der Waals surface area contributed by atoms with Gasteiger partial charge in [-0.3, -0.25) is 4.98 Å². The van der Waals surface area contributed by atoms with E-state index in [0.29, 0.717) is 22.6 Å². The van der Waals surface area contributed by atoms with E-state index in [1.807, 2.05) is 119 Å². The molecule has 0 spiro atoms. The fourth-order valence-corrected chi connectivity index (χ4v) is 6.71. The molecule has 0 saturated heterocycles. The van der Waals surface area contributed by atoms with Crippen molar-refractivity contribution in [3.63, 3.8) is 0 Å². The number of nitrogens with zero attached hydrogens (tertiary/aromatic N) is 3. The Kier molecular flexibility index (Phi) is 10.3. The summed E-state index contributed by atoms with van der Waals surface area (Å²) in [5.41, 5.74) is 8.62. The van der Waals surface area contributed by atoms with E-state index in [9.17, 15) is 1.37 Å². The normalized spacial score (nSPS) is 16.1. The molecule has 0 bridgehead atoms. The molecule has 8 rings (SSSR count). The zero-order valence-corrected chi connectivity index (χ0v) is 32.0. The second kappa shape index (κ2) is 16.7. The molecule has 261 valence electrons. The number of hydrogen-bond donors (Lipinski definition) is 0. The van der Waals surface area contributed by atoms with Gasteiger partial charge in [-0.15, -0.1) is 54.1 Å². The van der Waals surface area contributed by atoms with Gasteiger partial charge in [-0.05, 0) is 59.8 Å². The first-order chi connectivity index (χ1) is 25.9. The molecule has 4 heterocycles. The average molecular weight is 852 g/mol. The number of furan rings is 1. The summed E-state index contributed by atoms with van der Waals surface area (Å²) in [4.78, 5) is 13.6. The number of aromatic nitrogens is 3. The maximum Gasteiger partial charge on any atom is 0.124 e. The Bertz CT molecular complexity index is 2380. The second-order valence-corrected chi connectivity index (χ2v) is 13.3. The molecule has 3 aromatic carbocycles. The minimum Gasteiger partial charge on any atom is -0.500 e. The quantitative estimate of drug-likeness (QED) is 0.150. The van der Waals surface area contributed by atoms with Crippen LogP contribution in [0.1, 0.15) is 98.1 Å². The van der Waals surface area contributed by atoms with Crippen molar-refractivity contribution < 1.29 is 30.0 Å². The van der Waals surface area contributed by atoms with E-state index in [-0.39, 0.29) is 26.0 Å². The summed E-state index contributed by atoms with van der Waals surface area (Å²) in [6.07, 6.45) is 9.44. The van der Waals surface area contributed by atoms with Crippen LogP contribution in [0.2, 0.25) is 0 Å². The zero-order valence-electron chi connectivity index (χ0n) is 33.6. The molecule has 7 aromatic rings. The van der Waals surface area contributed by atoms with Crippen LogP contribution >= 0.6 is 0 Å². The van der Waals surface area contributed by atoms with Crippen molar-refractivity contribution in [2.45, 2.75) is 78.0 Å². The molecular weight excluding hydrogens is 803 g/mol. The maximum absolute atomic E-state index is 9.17. The molecular formula is C46H45IrN3O-2. The first-order valence-corrected chi connectivity index (χ1v) is 17.5. The van der Waals surface area contributed by atoms with Crippen LogP contribution in [0.4, 0.5) is 0 Å². The number of fused-ring (bicyclic) bond motifs is 3. The third kappa shape index (κ3) is 8.22. The zero-order chi connectivity index (χ0) is 38.1. The molecule has 0 aliphatic heterocycles. The van der Waals surface area contributed by atoms with E-state index in [1.165, 1.54) is 6.42 Å². The predicted molar refractivity (Wildman–Crippen MR) is 205 cm³/mol. The van der Waals surface area contributed by atoms with Crippen LogP contribution in [0.3, 0.4) is 0 Å². The van der Waals surface area contributed by atoms with Crippen LogP contribution in [0.25, 0.3) is 44.5 Å². The van der Waals surface area contributed by atoms with E-state index < -0.39 is 18.2 Å². The van der Waals surface area contributed by atoms with Gasteiger partial charge in [0.2, 0.25) is 0 Å². The Morgan fingerprint density at radius 3 is 2.37 bits per heavy atom. The van der Waals surface area contributed by atoms with Crippen molar-refractivity contribution in [2.24, 2.45) is 5.92 Å². The van der Waals surface area contributed by atoms with Gasteiger partial charge in [0, 0.05) is 55.5 Å². The van der Waals surface area contributed by atoms with Gasteiger partial charge in [0.05, 0.1) is 11.3 Å². The van der Waals surface area contributed by atoms with Crippen molar-refractivity contribution in [2.75, 3.05) is 0 Å². The van der Waals surface area contributed by atoms with Gasteiger partial charge in [0.1, 0.15) is 5.58 Å². The number of hydrogen-bond acceptors (Lipinski definition) is 4. The number of aryl methyl sites for hydroxylation is 1. The Hall–Kier alpha value is -4.44. The van der Waals surface area contributed by atoms with Crippen LogP contribution in [0.5, 0.6) is 0 Å². The molecule has 5 heteroatoms. The summed E-state index contributed by atoms with van der Waals surface area (Å²) < 4.78 is 41.2. The van der Waals surface area contributed by atoms with E-state index >= 15 is 0 Å². The Morgan fingerprint density at radius 2 is 1.61 bits per heavy atom. The molecule has 4 aromatic heterocycles. The SMILES string of the molecule is [2H]C(C)(C)c1ccnc(-c2[c-]ccc3c2oc2ccnc(C([2H])(C)c4ccccc4)c23)c1.[2H]C([2H])(c1cc(-c2[c-]cccc2)ncc1C)C1CCCCC1.[Ir]. The minimum absolute atomic E-state index is 0. The molecule has 51 heavy (non-hydrogen) atoms. The Balaban J connectivity index is 0.000000196. The fraction of sp³-hybridized carbons (Fsp3) is 0.283. The summed E-state index contributed by atoms with van der Waals surface area (Å²) in [6, 6.07) is 35.3. The summed E-state index contributed by atoms with van der Waals surface area (Å²) in [5, 5.41) is 1.71. The number of rotatable bonds is 7. The maximum atomic E-state index is 9.17. The van der Waals surface area contributed by atoms with Crippen molar-refractivity contribution in [1.82, 2.24) is 15.0 Å². The minimum atomic E-state index is -1.28. The summed E-state index contributed by atoms with van der Waals surface area (Å²) >= 11 is 0. The Labute approximate surface area is 321 Å². The molecule has 1 fully saturated rings. The van der Waals surface area contributed by atoms with Crippen LogP contribution < -0.4 is 0 Å². The molecule has 1 radical (unpaired) electrons. The molecule has 0 N–H and O–H groups in total. The van der Waals surface area contributed by atoms with Gasteiger partial charge in [0.15, 0.2) is 0 Å². The third-order valence-corrected chi connectivity index (χ3v) is 9.55. The van der Waals surface area contributed by atoms with Gasteiger partial charge in [-0.1, -0.05) is 117 Å². The molecule has 1 aliphatic rings. The first kappa shape index (κ1) is 31.3. The predicted octanol–water partition coefficient (Wildman–Crippen LogP) is 12.1. The van der Waals surface area contributed by atoms with Crippen LogP contribution in [0.15, 0.2) is 114 Å². The topological polar surface area (TPSA) is 51.8 Å². The number of pyridine rings is 3. The fourth-order valence-electron chi connectivity index (χ4n) is 6.71. The smallest absolute Gasteiger partial charge is 0.124 e. The monoisotopic (exact) mass is 852 g/mol. The van der Waals surface area contributed by atoms with Crippen molar-refractivity contribution >= 4 is 21.9 Å². The van der Waals surface area contributed by atoms with E-state index in [2.05, 4.69) is 27.1 Å². The van der Waals surface area contributed by atoms with E-state index in [0.717, 1.165) is 75.5 Å². The van der Waals surface area contributed by atoms with Crippen LogP contribution in [-0.4, -0.2) is 15.0 Å². The second-order valence-electron chi connectivity index (χ2n) is 13.3. The number of benzene rings is 3. The van der Waals surface area contributed by atoms with Gasteiger partial charge >= 0.3 is 0 Å². The molecule has 0 amide bonds. The van der Waals surface area contributed by atoms with Gasteiger partial charge < -0.3 is 14.4 Å². The van der Waals surface area contributed by atoms with E-state index in [4.69, 9.17) is 8.53 Å². The summed E-state index contributed by atoms with van der Waals surface area (Å²) in [7, 11) is 0. The molecule has 4 nitrogen and oxygen atoms in total. The first-order valence-electron chi connectivity index (χ1n) is 19.5. The average Bonchev–Trinajstić information content (AvgIpc) is 3.58. The van der Waals surface area contributed by atoms with Crippen LogP contribution in [-0.2, 0) is 26.5 Å². The molecule has 1 unspecified atom stereocenters. The summed E-state index contributed by atoms with van der Waals surface area (Å²) in [5.74, 6) is -1.67. The largest absolute Gasteiger partial charge is 0.500 e. The summed E-state index contributed by atoms with van der Waals surface area (Å²) in [6.45, 7) is 7.53. The standard InChI is InChI=1S/C27H23N2O.C19H22N.Ir/c1-17(2)20-12-14-28-23(16-20)21-10-7-11-22-25-24(30-27(21)22)13-15-29-26(25)18(3)19-8-5-4-6-9-19;1-15-14-20-19(17-10-6-3-7-11-17)13-18(15)12-16-8-4-2-5-9-16;/h4-9,11-18H,1-3H3;3,6-7,10,13-14,16H,2,4-5,8-9,12H2,1H3;/q2*-1;/i17D,18D;12D2;.